The molecule has 0 saturated carbocycles. The highest BCUT2D eigenvalue weighted by Crippen LogP contribution is 2.23. The second-order valence-corrected chi connectivity index (χ2v) is 8.35. The SMILES string of the molecule is Cc1nc(CN2CCN(c3cnn(Cc4ccccc4)c(=O)c3Cl)CC2)cs1. The molecular weight excluding hydrogens is 394 g/mol. The number of nitrogens with zero attached hydrogens (tertiary/aromatic N) is 5. The summed E-state index contributed by atoms with van der Waals surface area (Å²) in [6, 6.07) is 9.79. The van der Waals surface area contributed by atoms with Gasteiger partial charge in [0, 0.05) is 38.1 Å². The molecule has 0 atom stereocenters. The third-order valence-electron chi connectivity index (χ3n) is 4.91. The van der Waals surface area contributed by atoms with Crippen molar-refractivity contribution in [3.8, 4) is 0 Å². The molecule has 0 unspecified atom stereocenters. The lowest BCUT2D eigenvalue weighted by Crippen LogP contribution is -2.46. The first-order chi connectivity index (χ1) is 13.6. The number of anilines is 1. The Kier molecular flexibility index (Phi) is 5.75. The van der Waals surface area contributed by atoms with Gasteiger partial charge in [0.15, 0.2) is 0 Å². The Balaban J connectivity index is 1.42. The summed E-state index contributed by atoms with van der Waals surface area (Å²) in [5.41, 5.74) is 2.62. The molecule has 0 spiro atoms. The summed E-state index contributed by atoms with van der Waals surface area (Å²) >= 11 is 8.11. The van der Waals surface area contributed by atoms with Crippen LogP contribution in [0.25, 0.3) is 0 Å². The fourth-order valence-corrected chi connectivity index (χ4v) is 4.27. The lowest BCUT2D eigenvalue weighted by atomic mass is 10.2. The smallest absolute Gasteiger partial charge is 0.287 e. The Morgan fingerprint density at radius 2 is 1.86 bits per heavy atom. The fourth-order valence-electron chi connectivity index (χ4n) is 3.40. The van der Waals surface area contributed by atoms with Gasteiger partial charge in [-0.2, -0.15) is 5.10 Å². The molecule has 2 aromatic heterocycles. The number of hydrogen-bond acceptors (Lipinski definition) is 6. The van der Waals surface area contributed by atoms with Crippen LogP contribution in [0.2, 0.25) is 5.02 Å². The van der Waals surface area contributed by atoms with Crippen molar-refractivity contribution in [3.05, 3.63) is 73.6 Å². The second-order valence-electron chi connectivity index (χ2n) is 6.91. The van der Waals surface area contributed by atoms with Gasteiger partial charge in [-0.05, 0) is 12.5 Å². The van der Waals surface area contributed by atoms with Crippen LogP contribution in [-0.2, 0) is 13.1 Å². The zero-order chi connectivity index (χ0) is 19.5. The van der Waals surface area contributed by atoms with Gasteiger partial charge in [0.2, 0.25) is 0 Å². The molecule has 1 aromatic carbocycles. The molecule has 1 saturated heterocycles. The summed E-state index contributed by atoms with van der Waals surface area (Å²) in [4.78, 5) is 21.7. The van der Waals surface area contributed by atoms with E-state index in [2.05, 4.69) is 25.3 Å². The monoisotopic (exact) mass is 415 g/mol. The number of halogens is 1. The maximum atomic E-state index is 12.7. The van der Waals surface area contributed by atoms with Gasteiger partial charge < -0.3 is 4.90 Å². The van der Waals surface area contributed by atoms with E-state index in [4.69, 9.17) is 11.6 Å². The summed E-state index contributed by atoms with van der Waals surface area (Å²) < 4.78 is 1.42. The van der Waals surface area contributed by atoms with Crippen molar-refractivity contribution >= 4 is 28.6 Å². The average Bonchev–Trinajstić information content (AvgIpc) is 3.12. The van der Waals surface area contributed by atoms with Crippen molar-refractivity contribution in [2.24, 2.45) is 0 Å². The van der Waals surface area contributed by atoms with E-state index >= 15 is 0 Å². The highest BCUT2D eigenvalue weighted by molar-refractivity contribution is 7.09. The summed E-state index contributed by atoms with van der Waals surface area (Å²) in [5, 5.41) is 7.82. The van der Waals surface area contributed by atoms with E-state index in [1.54, 1.807) is 17.5 Å². The van der Waals surface area contributed by atoms with Gasteiger partial charge in [-0.15, -0.1) is 11.3 Å². The highest BCUT2D eigenvalue weighted by atomic mass is 35.5. The van der Waals surface area contributed by atoms with Gasteiger partial charge in [0.05, 0.1) is 29.1 Å². The molecule has 3 aromatic rings. The zero-order valence-electron chi connectivity index (χ0n) is 15.7. The van der Waals surface area contributed by atoms with E-state index in [1.165, 1.54) is 4.68 Å². The van der Waals surface area contributed by atoms with Crippen LogP contribution < -0.4 is 10.5 Å². The summed E-state index contributed by atoms with van der Waals surface area (Å²) in [6.07, 6.45) is 1.71. The molecule has 0 radical (unpaired) electrons. The van der Waals surface area contributed by atoms with Gasteiger partial charge >= 0.3 is 0 Å². The summed E-state index contributed by atoms with van der Waals surface area (Å²) in [6.45, 7) is 6.74. The topological polar surface area (TPSA) is 54.3 Å². The van der Waals surface area contributed by atoms with Crippen LogP contribution in [0.5, 0.6) is 0 Å². The predicted octanol–water partition coefficient (Wildman–Crippen LogP) is 3.03. The number of thiazole rings is 1. The Labute approximate surface area is 173 Å². The number of hydrogen-bond donors (Lipinski definition) is 0. The third-order valence-corrected chi connectivity index (χ3v) is 6.08. The van der Waals surface area contributed by atoms with Crippen molar-refractivity contribution in [2.75, 3.05) is 31.1 Å². The number of rotatable bonds is 5. The van der Waals surface area contributed by atoms with Crippen LogP contribution >= 0.6 is 22.9 Å². The van der Waals surface area contributed by atoms with Crippen LogP contribution in [0.15, 0.2) is 46.7 Å². The van der Waals surface area contributed by atoms with Crippen LogP contribution in [-0.4, -0.2) is 45.8 Å². The Morgan fingerprint density at radius 3 is 2.54 bits per heavy atom. The molecule has 28 heavy (non-hydrogen) atoms. The Bertz CT molecular complexity index is 995. The molecule has 1 aliphatic heterocycles. The maximum absolute atomic E-state index is 12.7. The van der Waals surface area contributed by atoms with Gasteiger partial charge in [0.25, 0.3) is 5.56 Å². The first-order valence-corrected chi connectivity index (χ1v) is 10.5. The highest BCUT2D eigenvalue weighted by Gasteiger charge is 2.21. The second kappa shape index (κ2) is 8.43. The largest absolute Gasteiger partial charge is 0.366 e. The molecule has 3 heterocycles. The molecule has 6 nitrogen and oxygen atoms in total. The van der Waals surface area contributed by atoms with E-state index in [-0.39, 0.29) is 10.6 Å². The molecule has 146 valence electrons. The number of aromatic nitrogens is 3. The molecular formula is C20H22ClN5OS. The fraction of sp³-hybridized carbons (Fsp3) is 0.350. The van der Waals surface area contributed by atoms with E-state index < -0.39 is 0 Å². The first-order valence-electron chi connectivity index (χ1n) is 9.28. The quantitative estimate of drug-likeness (QED) is 0.641. The van der Waals surface area contributed by atoms with E-state index in [9.17, 15) is 4.79 Å². The van der Waals surface area contributed by atoms with Gasteiger partial charge in [-0.25, -0.2) is 9.67 Å². The average molecular weight is 416 g/mol. The number of benzene rings is 1. The van der Waals surface area contributed by atoms with Gasteiger partial charge in [-0.3, -0.25) is 9.69 Å². The standard InChI is InChI=1S/C20H22ClN5OS/c1-15-23-17(14-28-15)13-24-7-9-25(10-8-24)18-11-22-26(20(27)19(18)21)12-16-5-3-2-4-6-16/h2-6,11,14H,7-10,12-13H2,1H3. The molecule has 1 fully saturated rings. The first kappa shape index (κ1) is 19.1. The lowest BCUT2D eigenvalue weighted by Gasteiger charge is -2.35. The maximum Gasteiger partial charge on any atom is 0.287 e. The molecule has 4 rings (SSSR count). The molecule has 0 bridgehead atoms. The summed E-state index contributed by atoms with van der Waals surface area (Å²) in [7, 11) is 0. The van der Waals surface area contributed by atoms with E-state index in [0.717, 1.165) is 54.7 Å². The summed E-state index contributed by atoms with van der Waals surface area (Å²) in [5.74, 6) is 0. The number of piperazine rings is 1. The molecule has 8 heteroatoms. The molecule has 1 aliphatic rings. The lowest BCUT2D eigenvalue weighted by molar-refractivity contribution is 0.247. The molecule has 0 amide bonds. The Hall–Kier alpha value is -2.22. The third kappa shape index (κ3) is 4.27. The van der Waals surface area contributed by atoms with Crippen LogP contribution in [0.3, 0.4) is 0 Å². The Morgan fingerprint density at radius 1 is 1.11 bits per heavy atom. The zero-order valence-corrected chi connectivity index (χ0v) is 17.3. The van der Waals surface area contributed by atoms with Gasteiger partial charge in [0.1, 0.15) is 5.02 Å². The van der Waals surface area contributed by atoms with Crippen molar-refractivity contribution in [2.45, 2.75) is 20.0 Å². The van der Waals surface area contributed by atoms with Crippen LogP contribution in [0.4, 0.5) is 5.69 Å². The predicted molar refractivity (Wildman–Crippen MR) is 113 cm³/mol. The van der Waals surface area contributed by atoms with E-state index in [0.29, 0.717) is 6.54 Å². The minimum absolute atomic E-state index is 0.245. The number of aryl methyl sites for hydroxylation is 1. The van der Waals surface area contributed by atoms with E-state index in [1.807, 2.05) is 37.3 Å². The van der Waals surface area contributed by atoms with Gasteiger partial charge in [-0.1, -0.05) is 41.9 Å². The minimum Gasteiger partial charge on any atom is -0.366 e. The van der Waals surface area contributed by atoms with Crippen molar-refractivity contribution in [1.29, 1.82) is 0 Å². The van der Waals surface area contributed by atoms with Crippen LogP contribution in [0, 0.1) is 6.92 Å². The van der Waals surface area contributed by atoms with Crippen molar-refractivity contribution in [1.82, 2.24) is 19.7 Å². The normalized spacial score (nSPS) is 15.1. The minimum atomic E-state index is -0.247. The molecule has 0 aliphatic carbocycles. The van der Waals surface area contributed by atoms with Crippen molar-refractivity contribution in [3.63, 3.8) is 0 Å². The van der Waals surface area contributed by atoms with Crippen molar-refractivity contribution < 1.29 is 0 Å². The van der Waals surface area contributed by atoms with Crippen LogP contribution in [0.1, 0.15) is 16.3 Å². The molecule has 0 N–H and O–H groups in total.